The van der Waals surface area contributed by atoms with Gasteiger partial charge in [-0.2, -0.15) is 0 Å². The Balaban J connectivity index is 0.00000361. The molecule has 2 aliphatic heterocycles. The molecule has 0 spiro atoms. The maximum atomic E-state index is 12.8. The van der Waals surface area contributed by atoms with Gasteiger partial charge in [0.2, 0.25) is 5.91 Å². The van der Waals surface area contributed by atoms with Crippen molar-refractivity contribution in [1.29, 1.82) is 0 Å². The van der Waals surface area contributed by atoms with Gasteiger partial charge in [-0.05, 0) is 45.9 Å². The van der Waals surface area contributed by atoms with E-state index in [4.69, 9.17) is 41.9 Å². The van der Waals surface area contributed by atoms with E-state index in [0.29, 0.717) is 44.7 Å². The largest absolute Gasteiger partial charge is 0.468 e. The van der Waals surface area contributed by atoms with Gasteiger partial charge in [-0.25, -0.2) is 0 Å². The van der Waals surface area contributed by atoms with Crippen LogP contribution in [0.25, 0.3) is 0 Å². The molecule has 17 N–H and O–H groups in total. The van der Waals surface area contributed by atoms with Crippen LogP contribution in [0, 0.1) is 0 Å². The van der Waals surface area contributed by atoms with E-state index in [1.807, 2.05) is 6.08 Å². The third kappa shape index (κ3) is 12.8. The molecule has 2 fully saturated rings. The second-order valence-corrected chi connectivity index (χ2v) is 11.9. The number of ether oxygens (including phenoxy) is 4. The number of amides is 1. The first-order valence-corrected chi connectivity index (χ1v) is 15.6. The van der Waals surface area contributed by atoms with E-state index in [1.54, 1.807) is 0 Å². The second-order valence-electron chi connectivity index (χ2n) is 11.9. The lowest BCUT2D eigenvalue weighted by molar-refractivity contribution is -0.297. The monoisotopic (exact) mass is 664 g/mol. The normalized spacial score (nSPS) is 34.2. The summed E-state index contributed by atoms with van der Waals surface area (Å²) in [5.41, 5.74) is 25.7. The van der Waals surface area contributed by atoms with Crippen LogP contribution in [-0.2, 0) is 23.7 Å². The average molecular weight is 665 g/mol. The van der Waals surface area contributed by atoms with Gasteiger partial charge in [-0.15, -0.1) is 0 Å². The van der Waals surface area contributed by atoms with E-state index in [9.17, 15) is 30.3 Å². The molecular weight excluding hydrogens is 608 g/mol. The van der Waals surface area contributed by atoms with Crippen LogP contribution >= 0.6 is 0 Å². The molecule has 3 rings (SSSR count). The fourth-order valence-corrected chi connectivity index (χ4v) is 5.42. The molecule has 1 amide bonds. The van der Waals surface area contributed by atoms with Gasteiger partial charge in [0.1, 0.15) is 36.3 Å². The van der Waals surface area contributed by atoms with Crippen molar-refractivity contribution in [1.82, 2.24) is 10.6 Å². The molecule has 11 atom stereocenters. The van der Waals surface area contributed by atoms with Crippen LogP contribution in [-0.4, -0.2) is 144 Å². The van der Waals surface area contributed by atoms with Gasteiger partial charge in [0.15, 0.2) is 18.5 Å². The Bertz CT molecular complexity index is 973. The molecule has 268 valence electrons. The summed E-state index contributed by atoms with van der Waals surface area (Å²) in [5, 5.41) is 58.4. The van der Waals surface area contributed by atoms with Crippen molar-refractivity contribution in [3.05, 3.63) is 11.8 Å². The Labute approximate surface area is 269 Å². The highest BCUT2D eigenvalue weighted by Gasteiger charge is 2.49. The number of allylic oxidation sites excluding steroid dienone is 1. The minimum atomic E-state index is -1.46. The smallest absolute Gasteiger partial charge is 0.249 e. The zero-order chi connectivity index (χ0) is 34.4. The molecule has 3 aliphatic rings. The van der Waals surface area contributed by atoms with Crippen molar-refractivity contribution in [2.75, 3.05) is 39.8 Å². The van der Waals surface area contributed by atoms with Crippen LogP contribution in [0.5, 0.6) is 0 Å². The lowest BCUT2D eigenvalue weighted by atomic mass is 9.83. The predicted molar refractivity (Wildman–Crippen MR) is 167 cm³/mol. The van der Waals surface area contributed by atoms with Gasteiger partial charge < -0.3 is 83.8 Å². The number of aliphatic hydroxyl groups excluding tert-OH is 4. The number of nitrogens with one attached hydrogen (secondary N) is 2. The number of carbonyl (C=O) groups excluding carboxylic acids is 1. The fourth-order valence-electron chi connectivity index (χ4n) is 5.42. The summed E-state index contributed by atoms with van der Waals surface area (Å²) in [7, 11) is 1.50. The molecule has 18 heteroatoms. The Hall–Kier alpha value is -2.20. The van der Waals surface area contributed by atoms with E-state index in [0.717, 1.165) is 0 Å². The number of aliphatic hydroxyl groups is 5. The van der Waals surface area contributed by atoms with Crippen molar-refractivity contribution >= 4 is 11.9 Å². The zero-order valence-corrected chi connectivity index (χ0v) is 26.7. The van der Waals surface area contributed by atoms with Gasteiger partial charge in [0.25, 0.3) is 0 Å². The van der Waals surface area contributed by atoms with Crippen LogP contribution in [0.3, 0.4) is 0 Å². The highest BCUT2D eigenvalue weighted by molar-refractivity contribution is 5.81. The molecule has 0 aromatic rings. The Morgan fingerprint density at radius 1 is 1.20 bits per heavy atom. The summed E-state index contributed by atoms with van der Waals surface area (Å²) in [5.74, 6) is -0.320. The molecular formula is C28H56N8O10. The minimum Gasteiger partial charge on any atom is -0.468 e. The first-order valence-electron chi connectivity index (χ1n) is 15.6. The number of aliphatic imine (C=N–C) groups is 1. The lowest BCUT2D eigenvalue weighted by Gasteiger charge is -2.47. The summed E-state index contributed by atoms with van der Waals surface area (Å²) in [6.45, 7) is 2.48. The van der Waals surface area contributed by atoms with E-state index >= 15 is 0 Å². The topological polar surface area (TPSA) is 322 Å². The van der Waals surface area contributed by atoms with Crippen LogP contribution in [0.4, 0.5) is 0 Å². The first-order chi connectivity index (χ1) is 21.8. The maximum absolute atomic E-state index is 12.8. The summed E-state index contributed by atoms with van der Waals surface area (Å²) >= 11 is 0. The Morgan fingerprint density at radius 3 is 2.57 bits per heavy atom. The van der Waals surface area contributed by atoms with Crippen LogP contribution in [0.15, 0.2) is 16.8 Å². The third-order valence-electron chi connectivity index (χ3n) is 7.70. The molecule has 0 aromatic carbocycles. The second kappa shape index (κ2) is 19.6. The number of nitrogens with zero attached hydrogens (tertiary/aromatic N) is 1. The number of nitrogens with two attached hydrogens (primary N) is 5. The maximum Gasteiger partial charge on any atom is 0.249 e. The van der Waals surface area contributed by atoms with Crippen LogP contribution in [0.2, 0.25) is 0 Å². The molecule has 2 heterocycles. The Morgan fingerprint density at radius 2 is 1.91 bits per heavy atom. The standard InChI is InChI=1S/C27H51N7O10.CH5N/c1-27(40)10-19(37)25(41-13-27)44-23-17(34-24(39)18(36)6-8-33-26(30)31)9-16(29)22(21(23)38)43-20-4-2-3-15(42-20)12-32-11-14(35)5-7-28;1-2/h3,14,16-23,25,32,35-38,40H,2,4-13,28-29H2,1H3,(H,34,39)(H4,30,31,33);2H2,1H3/t14?,16?,17?,18?,19?,20-,21?,22-,23+,25?,27-;/m1./s1. The average Bonchev–Trinajstić information content (AvgIpc) is 2.99. The molecule has 1 saturated heterocycles. The van der Waals surface area contributed by atoms with Gasteiger partial charge in [-0.3, -0.25) is 9.79 Å². The number of hydrogen-bond acceptors (Lipinski definition) is 15. The lowest BCUT2D eigenvalue weighted by Crippen LogP contribution is -2.67. The summed E-state index contributed by atoms with van der Waals surface area (Å²) in [6, 6.07) is -1.69. The Kier molecular flexibility index (Phi) is 17.0. The minimum absolute atomic E-state index is 0.0171. The molecule has 0 bridgehead atoms. The third-order valence-corrected chi connectivity index (χ3v) is 7.70. The predicted octanol–water partition coefficient (Wildman–Crippen LogP) is -4.89. The highest BCUT2D eigenvalue weighted by Crippen LogP contribution is 2.32. The van der Waals surface area contributed by atoms with Crippen molar-refractivity contribution < 1.29 is 49.3 Å². The molecule has 1 saturated carbocycles. The van der Waals surface area contributed by atoms with E-state index in [-0.39, 0.29) is 38.4 Å². The molecule has 0 radical (unpaired) electrons. The molecule has 7 unspecified atom stereocenters. The van der Waals surface area contributed by atoms with Crippen LogP contribution < -0.4 is 39.3 Å². The molecule has 1 aliphatic carbocycles. The number of rotatable bonds is 15. The number of guanidine groups is 1. The zero-order valence-electron chi connectivity index (χ0n) is 26.7. The SMILES string of the molecule is CN.C[C@]1(O)COC(O[C@H]2C(NC(=O)C(O)CCN=C(N)N)CC(N)[C@@H](O[C@@H]3CCC=C(CNCC(O)CCN)O3)C2O)C(O)C1. The molecule has 46 heavy (non-hydrogen) atoms. The number of hydrogen-bond donors (Lipinski definition) is 12. The van der Waals surface area contributed by atoms with Crippen LogP contribution in [0.1, 0.15) is 45.4 Å². The van der Waals surface area contributed by atoms with E-state index in [2.05, 4.69) is 21.4 Å². The first kappa shape index (κ1) is 40.0. The number of carbonyl (C=O) groups is 1. The highest BCUT2D eigenvalue weighted by atomic mass is 16.7. The van der Waals surface area contributed by atoms with Gasteiger partial charge in [0, 0.05) is 38.4 Å². The molecule has 18 nitrogen and oxygen atoms in total. The van der Waals surface area contributed by atoms with Crippen molar-refractivity contribution in [3.63, 3.8) is 0 Å². The summed E-state index contributed by atoms with van der Waals surface area (Å²) in [4.78, 5) is 16.6. The van der Waals surface area contributed by atoms with Crippen molar-refractivity contribution in [2.24, 2.45) is 33.7 Å². The molecule has 0 aromatic heterocycles. The summed E-state index contributed by atoms with van der Waals surface area (Å²) in [6.07, 6.45) is -5.32. The quantitative estimate of drug-likeness (QED) is 0.0576. The van der Waals surface area contributed by atoms with Crippen molar-refractivity contribution in [2.45, 2.75) is 112 Å². The van der Waals surface area contributed by atoms with Crippen molar-refractivity contribution in [3.8, 4) is 0 Å². The van der Waals surface area contributed by atoms with Gasteiger partial charge in [0.05, 0.1) is 30.9 Å². The fraction of sp³-hybridized carbons (Fsp3) is 0.857. The van der Waals surface area contributed by atoms with Gasteiger partial charge in [-0.1, -0.05) is 0 Å². The van der Waals surface area contributed by atoms with Gasteiger partial charge >= 0.3 is 0 Å². The summed E-state index contributed by atoms with van der Waals surface area (Å²) < 4.78 is 23.7. The van der Waals surface area contributed by atoms with E-state index in [1.165, 1.54) is 14.0 Å². The van der Waals surface area contributed by atoms with E-state index < -0.39 is 72.8 Å².